The molecule has 0 spiro atoms. The van der Waals surface area contributed by atoms with Crippen LogP contribution in [0.15, 0.2) is 0 Å². The van der Waals surface area contributed by atoms with Crippen LogP contribution in [0.3, 0.4) is 0 Å². The largest absolute Gasteiger partial charge is 0.481 e. The van der Waals surface area contributed by atoms with E-state index in [4.69, 9.17) is 9.47 Å². The van der Waals surface area contributed by atoms with E-state index in [0.29, 0.717) is 18.3 Å². The van der Waals surface area contributed by atoms with Crippen LogP contribution in [-0.4, -0.2) is 35.5 Å². The number of epoxide rings is 2. The van der Waals surface area contributed by atoms with Crippen molar-refractivity contribution in [3.05, 3.63) is 0 Å². The average molecular weight is 350 g/mol. The lowest BCUT2D eigenvalue weighted by Gasteiger charge is -2.31. The molecule has 6 atom stereocenters. The molecule has 2 aliphatic heterocycles. The smallest absolute Gasteiger partial charge is 0.309 e. The van der Waals surface area contributed by atoms with Gasteiger partial charge in [-0.1, -0.05) is 44.9 Å². The van der Waals surface area contributed by atoms with E-state index in [2.05, 4.69) is 0 Å². The molecule has 142 valence electrons. The normalized spacial score (nSPS) is 41.7. The van der Waals surface area contributed by atoms with Crippen molar-refractivity contribution in [2.24, 2.45) is 11.3 Å². The topological polar surface area (TPSA) is 62.4 Å². The Balaban J connectivity index is 1.04. The first-order valence-electron chi connectivity index (χ1n) is 10.7. The summed E-state index contributed by atoms with van der Waals surface area (Å²) < 4.78 is 11.2. The second-order valence-corrected chi connectivity index (χ2v) is 9.09. The first-order chi connectivity index (χ1) is 12.2. The van der Waals surface area contributed by atoms with Gasteiger partial charge in [-0.2, -0.15) is 0 Å². The van der Waals surface area contributed by atoms with E-state index in [1.165, 1.54) is 57.8 Å². The highest BCUT2D eigenvalue weighted by atomic mass is 16.6. The maximum atomic E-state index is 11.8. The summed E-state index contributed by atoms with van der Waals surface area (Å²) in [5.74, 6) is 0.328. The molecule has 4 aliphatic rings. The monoisotopic (exact) mass is 350 g/mol. The van der Waals surface area contributed by atoms with Gasteiger partial charge in [0.05, 0.1) is 29.8 Å². The number of rotatable bonds is 10. The van der Waals surface area contributed by atoms with Crippen LogP contribution in [-0.2, 0) is 14.3 Å². The third-order valence-corrected chi connectivity index (χ3v) is 7.27. The highest BCUT2D eigenvalue weighted by Gasteiger charge is 2.53. The van der Waals surface area contributed by atoms with Gasteiger partial charge in [0.1, 0.15) is 0 Å². The number of unbranched alkanes of at least 4 members (excludes halogenated alkanes) is 5. The van der Waals surface area contributed by atoms with Crippen molar-refractivity contribution in [1.82, 2.24) is 0 Å². The molecular weight excluding hydrogens is 316 g/mol. The fourth-order valence-corrected chi connectivity index (χ4v) is 5.40. The van der Waals surface area contributed by atoms with Gasteiger partial charge in [0.15, 0.2) is 0 Å². The third kappa shape index (κ3) is 4.39. The van der Waals surface area contributed by atoms with Crippen molar-refractivity contribution >= 4 is 5.97 Å². The predicted octanol–water partition coefficient (Wildman–Crippen LogP) is 4.70. The molecule has 4 rings (SSSR count). The number of carboxylic acids is 1. The zero-order chi connectivity index (χ0) is 17.3. The van der Waals surface area contributed by atoms with E-state index in [1.54, 1.807) is 0 Å². The van der Waals surface area contributed by atoms with Crippen molar-refractivity contribution in [3.8, 4) is 0 Å². The summed E-state index contributed by atoms with van der Waals surface area (Å²) in [6.07, 6.45) is 18.1. The van der Waals surface area contributed by atoms with E-state index in [0.717, 1.165) is 38.0 Å². The molecule has 2 saturated carbocycles. The Morgan fingerprint density at radius 3 is 2.36 bits per heavy atom. The number of hydrogen-bond acceptors (Lipinski definition) is 3. The maximum absolute atomic E-state index is 11.8. The zero-order valence-corrected chi connectivity index (χ0v) is 15.5. The van der Waals surface area contributed by atoms with Crippen LogP contribution < -0.4 is 0 Å². The van der Waals surface area contributed by atoms with Crippen molar-refractivity contribution in [3.63, 3.8) is 0 Å². The quantitative estimate of drug-likeness (QED) is 0.458. The van der Waals surface area contributed by atoms with Crippen LogP contribution in [0.1, 0.15) is 89.9 Å². The lowest BCUT2D eigenvalue weighted by Crippen LogP contribution is -2.36. The second-order valence-electron chi connectivity index (χ2n) is 9.09. The van der Waals surface area contributed by atoms with Crippen LogP contribution in [0.2, 0.25) is 0 Å². The van der Waals surface area contributed by atoms with Gasteiger partial charge in [-0.25, -0.2) is 0 Å². The molecule has 0 radical (unpaired) electrons. The van der Waals surface area contributed by atoms with Crippen molar-refractivity contribution in [2.75, 3.05) is 0 Å². The Morgan fingerprint density at radius 1 is 0.880 bits per heavy atom. The van der Waals surface area contributed by atoms with Gasteiger partial charge >= 0.3 is 5.97 Å². The first-order valence-corrected chi connectivity index (χ1v) is 10.7. The summed E-state index contributed by atoms with van der Waals surface area (Å²) in [7, 11) is 0. The second kappa shape index (κ2) is 7.56. The number of carboxylic acid groups (broad SMARTS) is 1. The molecule has 1 N–H and O–H groups in total. The minimum Gasteiger partial charge on any atom is -0.481 e. The Bertz CT molecular complexity index is 479. The fraction of sp³-hybridized carbons (Fsp3) is 0.952. The van der Waals surface area contributed by atoms with E-state index in [-0.39, 0.29) is 6.10 Å². The molecule has 0 bridgehead atoms. The lowest BCUT2D eigenvalue weighted by molar-refractivity contribution is -0.151. The van der Waals surface area contributed by atoms with Crippen molar-refractivity contribution in [1.29, 1.82) is 0 Å². The van der Waals surface area contributed by atoms with Gasteiger partial charge in [-0.3, -0.25) is 4.79 Å². The minimum atomic E-state index is -0.587. The summed E-state index contributed by atoms with van der Waals surface area (Å²) in [6, 6.07) is 0. The molecule has 2 aliphatic carbocycles. The molecule has 0 aromatic carbocycles. The Morgan fingerprint density at radius 2 is 1.60 bits per heavy atom. The molecule has 4 heteroatoms. The van der Waals surface area contributed by atoms with Gasteiger partial charge in [0.25, 0.3) is 0 Å². The van der Waals surface area contributed by atoms with Crippen LogP contribution in [0.5, 0.6) is 0 Å². The van der Waals surface area contributed by atoms with Crippen LogP contribution in [0.25, 0.3) is 0 Å². The molecule has 0 amide bonds. The predicted molar refractivity (Wildman–Crippen MR) is 95.5 cm³/mol. The number of hydrogen-bond donors (Lipinski definition) is 1. The standard InChI is InChI=1S/C21H34O4/c22-20(23)21(12-10-17-19(14-21)25-17)11-6-4-2-1-3-5-7-15-8-9-16-18(13-15)24-16/h15-19H,1-14H2,(H,22,23). The maximum Gasteiger partial charge on any atom is 0.309 e. The number of ether oxygens (including phenoxy) is 2. The molecule has 0 aromatic rings. The summed E-state index contributed by atoms with van der Waals surface area (Å²) in [4.78, 5) is 11.8. The SMILES string of the molecule is O=C(O)C1(CCCCCCCCC2CCC3OC3C2)CCC2OC2C1. The van der Waals surface area contributed by atoms with Crippen LogP contribution in [0.4, 0.5) is 0 Å². The molecule has 2 saturated heterocycles. The lowest BCUT2D eigenvalue weighted by atomic mass is 9.71. The summed E-state index contributed by atoms with van der Waals surface area (Å²) in [5.41, 5.74) is -0.485. The highest BCUT2D eigenvalue weighted by molar-refractivity contribution is 5.75. The summed E-state index contributed by atoms with van der Waals surface area (Å²) >= 11 is 0. The van der Waals surface area contributed by atoms with E-state index in [1.807, 2.05) is 0 Å². The van der Waals surface area contributed by atoms with Crippen molar-refractivity contribution < 1.29 is 19.4 Å². The third-order valence-electron chi connectivity index (χ3n) is 7.27. The van der Waals surface area contributed by atoms with E-state index >= 15 is 0 Å². The van der Waals surface area contributed by atoms with Gasteiger partial charge in [-0.15, -0.1) is 0 Å². The Hall–Kier alpha value is -0.610. The molecule has 6 unspecified atom stereocenters. The van der Waals surface area contributed by atoms with Gasteiger partial charge < -0.3 is 14.6 Å². The number of carbonyl (C=O) groups is 1. The van der Waals surface area contributed by atoms with Crippen LogP contribution >= 0.6 is 0 Å². The highest BCUT2D eigenvalue weighted by Crippen LogP contribution is 2.49. The number of fused-ring (bicyclic) bond motifs is 2. The average Bonchev–Trinajstić information content (AvgIpc) is 3.50. The minimum absolute atomic E-state index is 0.251. The summed E-state index contributed by atoms with van der Waals surface area (Å²) in [5, 5.41) is 9.68. The molecule has 2 heterocycles. The van der Waals surface area contributed by atoms with E-state index in [9.17, 15) is 9.90 Å². The number of aliphatic carboxylic acids is 1. The van der Waals surface area contributed by atoms with E-state index < -0.39 is 11.4 Å². The molecule has 4 nitrogen and oxygen atoms in total. The Labute approximate surface area is 151 Å². The van der Waals surface area contributed by atoms with Crippen LogP contribution in [0, 0.1) is 11.3 Å². The summed E-state index contributed by atoms with van der Waals surface area (Å²) in [6.45, 7) is 0. The van der Waals surface area contributed by atoms with Gasteiger partial charge in [-0.05, 0) is 50.9 Å². The fourth-order valence-electron chi connectivity index (χ4n) is 5.40. The molecule has 4 fully saturated rings. The first kappa shape index (κ1) is 17.8. The zero-order valence-electron chi connectivity index (χ0n) is 15.5. The van der Waals surface area contributed by atoms with Gasteiger partial charge in [0.2, 0.25) is 0 Å². The van der Waals surface area contributed by atoms with Crippen molar-refractivity contribution in [2.45, 2.75) is 114 Å². The molecular formula is C21H34O4. The van der Waals surface area contributed by atoms with Gasteiger partial charge in [0, 0.05) is 0 Å². The molecule has 25 heavy (non-hydrogen) atoms. The Kier molecular flexibility index (Phi) is 5.38. The molecule has 0 aromatic heterocycles.